The van der Waals surface area contributed by atoms with Crippen molar-refractivity contribution in [2.75, 3.05) is 0 Å². The Balaban J connectivity index is 3.40. The molecule has 1 aromatic carbocycles. The van der Waals surface area contributed by atoms with Gasteiger partial charge in [-0.25, -0.2) is 0 Å². The lowest BCUT2D eigenvalue weighted by Crippen LogP contribution is -2.11. The summed E-state index contributed by atoms with van der Waals surface area (Å²) in [6.45, 7) is 0. The second kappa shape index (κ2) is 4.28. The average Bonchev–Trinajstić information content (AvgIpc) is 2.15. The highest BCUT2D eigenvalue weighted by atomic mass is 35.5. The van der Waals surface area contributed by atoms with Crippen LogP contribution in [0.5, 0.6) is 0 Å². The van der Waals surface area contributed by atoms with E-state index in [1.54, 1.807) is 0 Å². The lowest BCUT2D eigenvalue weighted by Gasteiger charge is -2.11. The molecule has 0 radical (unpaired) electrons. The number of benzene rings is 1. The van der Waals surface area contributed by atoms with E-state index in [1.807, 2.05) is 0 Å². The third kappa shape index (κ3) is 2.76. The first kappa shape index (κ1) is 12.1. The molecule has 0 aromatic heterocycles. The average molecular weight is 258 g/mol. The Morgan fingerprint density at radius 1 is 1.33 bits per heavy atom. The SMILES string of the molecule is ON=C(Cl)c1ccc(Cl)cc1C(F)(F)F. The largest absolute Gasteiger partial charge is 0.417 e. The molecule has 0 aliphatic heterocycles. The van der Waals surface area contributed by atoms with Gasteiger partial charge < -0.3 is 5.21 Å². The molecule has 0 saturated heterocycles. The molecular weight excluding hydrogens is 254 g/mol. The predicted molar refractivity (Wildman–Crippen MR) is 50.6 cm³/mol. The van der Waals surface area contributed by atoms with Gasteiger partial charge in [-0.2, -0.15) is 13.2 Å². The molecule has 2 nitrogen and oxygen atoms in total. The van der Waals surface area contributed by atoms with E-state index in [2.05, 4.69) is 5.16 Å². The molecule has 7 heteroatoms. The summed E-state index contributed by atoms with van der Waals surface area (Å²) in [4.78, 5) is 0. The number of nitrogens with zero attached hydrogens (tertiary/aromatic N) is 1. The minimum Gasteiger partial charge on any atom is -0.410 e. The standard InChI is InChI=1S/C8H4Cl2F3NO/c9-4-1-2-5(7(10)14-15)6(3-4)8(11,12)13/h1-3,15H. The highest BCUT2D eigenvalue weighted by molar-refractivity contribution is 6.69. The summed E-state index contributed by atoms with van der Waals surface area (Å²) < 4.78 is 37.4. The number of halogens is 5. The summed E-state index contributed by atoms with van der Waals surface area (Å²) in [6.07, 6.45) is -4.61. The first-order valence-corrected chi connectivity index (χ1v) is 4.36. The van der Waals surface area contributed by atoms with Crippen LogP contribution in [0, 0.1) is 0 Å². The third-order valence-electron chi connectivity index (χ3n) is 1.60. The zero-order valence-corrected chi connectivity index (χ0v) is 8.53. The lowest BCUT2D eigenvalue weighted by atomic mass is 10.1. The van der Waals surface area contributed by atoms with Crippen molar-refractivity contribution in [2.45, 2.75) is 6.18 Å². The van der Waals surface area contributed by atoms with Crippen molar-refractivity contribution < 1.29 is 18.4 Å². The highest BCUT2D eigenvalue weighted by Gasteiger charge is 2.34. The number of oxime groups is 1. The molecule has 15 heavy (non-hydrogen) atoms. The zero-order valence-electron chi connectivity index (χ0n) is 7.02. The summed E-state index contributed by atoms with van der Waals surface area (Å²) >= 11 is 10.7. The quantitative estimate of drug-likeness (QED) is 0.464. The maximum Gasteiger partial charge on any atom is 0.417 e. The van der Waals surface area contributed by atoms with E-state index >= 15 is 0 Å². The Kier molecular flexibility index (Phi) is 3.46. The summed E-state index contributed by atoms with van der Waals surface area (Å²) in [5.41, 5.74) is -1.46. The van der Waals surface area contributed by atoms with Gasteiger partial charge in [0.25, 0.3) is 0 Å². The van der Waals surface area contributed by atoms with Crippen LogP contribution in [0.4, 0.5) is 13.2 Å². The molecule has 0 heterocycles. The zero-order chi connectivity index (χ0) is 11.6. The predicted octanol–water partition coefficient (Wildman–Crippen LogP) is 3.73. The first-order chi connectivity index (χ1) is 6.86. The van der Waals surface area contributed by atoms with Crippen molar-refractivity contribution in [1.82, 2.24) is 0 Å². The number of hydrogen-bond donors (Lipinski definition) is 1. The second-order valence-electron chi connectivity index (χ2n) is 2.58. The van der Waals surface area contributed by atoms with Gasteiger partial charge in [0.1, 0.15) is 0 Å². The molecule has 0 fully saturated rings. The first-order valence-electron chi connectivity index (χ1n) is 3.61. The molecule has 82 valence electrons. The summed E-state index contributed by atoms with van der Waals surface area (Å²) in [5, 5.41) is 10.1. The van der Waals surface area contributed by atoms with Crippen molar-refractivity contribution in [1.29, 1.82) is 0 Å². The Hall–Kier alpha value is -0.940. The Morgan fingerprint density at radius 3 is 2.40 bits per heavy atom. The Labute approximate surface area is 92.9 Å². The van der Waals surface area contributed by atoms with E-state index in [4.69, 9.17) is 28.4 Å². The number of alkyl halides is 3. The number of rotatable bonds is 1. The molecule has 0 aliphatic carbocycles. The van der Waals surface area contributed by atoms with Gasteiger partial charge in [0.2, 0.25) is 0 Å². The van der Waals surface area contributed by atoms with Crippen LogP contribution >= 0.6 is 23.2 Å². The van der Waals surface area contributed by atoms with E-state index in [1.165, 1.54) is 6.07 Å². The van der Waals surface area contributed by atoms with E-state index in [0.717, 1.165) is 6.07 Å². The van der Waals surface area contributed by atoms with Crippen LogP contribution < -0.4 is 0 Å². The highest BCUT2D eigenvalue weighted by Crippen LogP contribution is 2.34. The molecule has 0 amide bonds. The molecule has 0 aliphatic rings. The minimum absolute atomic E-state index is 0.0755. The van der Waals surface area contributed by atoms with E-state index < -0.39 is 22.5 Å². The van der Waals surface area contributed by atoms with Gasteiger partial charge in [-0.05, 0) is 18.2 Å². The lowest BCUT2D eigenvalue weighted by molar-refractivity contribution is -0.137. The maximum absolute atomic E-state index is 12.5. The van der Waals surface area contributed by atoms with Gasteiger partial charge in [-0.3, -0.25) is 0 Å². The van der Waals surface area contributed by atoms with Crippen LogP contribution in [-0.2, 0) is 6.18 Å². The van der Waals surface area contributed by atoms with Crippen LogP contribution in [0.25, 0.3) is 0 Å². The fourth-order valence-corrected chi connectivity index (χ4v) is 1.32. The summed E-state index contributed by atoms with van der Waals surface area (Å²) in [7, 11) is 0. The third-order valence-corrected chi connectivity index (χ3v) is 2.11. The Bertz CT molecular complexity index is 403. The van der Waals surface area contributed by atoms with Crippen molar-refractivity contribution in [3.8, 4) is 0 Å². The minimum atomic E-state index is -4.61. The van der Waals surface area contributed by atoms with E-state index in [9.17, 15) is 13.2 Å². The monoisotopic (exact) mass is 257 g/mol. The fraction of sp³-hybridized carbons (Fsp3) is 0.125. The van der Waals surface area contributed by atoms with Gasteiger partial charge in [0.05, 0.1) is 5.56 Å². The van der Waals surface area contributed by atoms with Crippen LogP contribution in [-0.4, -0.2) is 10.4 Å². The van der Waals surface area contributed by atoms with Crippen LogP contribution in [0.3, 0.4) is 0 Å². The van der Waals surface area contributed by atoms with Gasteiger partial charge in [-0.1, -0.05) is 28.4 Å². The van der Waals surface area contributed by atoms with Gasteiger partial charge in [-0.15, -0.1) is 0 Å². The van der Waals surface area contributed by atoms with E-state index in [0.29, 0.717) is 6.07 Å². The molecule has 0 bridgehead atoms. The molecule has 0 unspecified atom stereocenters. The Morgan fingerprint density at radius 2 is 1.93 bits per heavy atom. The van der Waals surface area contributed by atoms with E-state index in [-0.39, 0.29) is 5.02 Å². The molecule has 0 saturated carbocycles. The molecule has 1 aromatic rings. The maximum atomic E-state index is 12.5. The molecule has 1 rings (SSSR count). The van der Waals surface area contributed by atoms with Gasteiger partial charge >= 0.3 is 6.18 Å². The van der Waals surface area contributed by atoms with Gasteiger partial charge in [0, 0.05) is 10.6 Å². The van der Waals surface area contributed by atoms with Crippen LogP contribution in [0.1, 0.15) is 11.1 Å². The molecule has 0 atom stereocenters. The molecule has 1 N–H and O–H groups in total. The smallest absolute Gasteiger partial charge is 0.410 e. The fourth-order valence-electron chi connectivity index (χ4n) is 0.985. The van der Waals surface area contributed by atoms with Crippen LogP contribution in [0.15, 0.2) is 23.4 Å². The summed E-state index contributed by atoms with van der Waals surface area (Å²) in [6, 6.07) is 2.97. The molecule has 0 spiro atoms. The normalized spacial score (nSPS) is 13.0. The van der Waals surface area contributed by atoms with Crippen molar-refractivity contribution in [3.05, 3.63) is 34.3 Å². The number of hydrogen-bond acceptors (Lipinski definition) is 2. The van der Waals surface area contributed by atoms with Crippen molar-refractivity contribution in [3.63, 3.8) is 0 Å². The van der Waals surface area contributed by atoms with Gasteiger partial charge in [0.15, 0.2) is 5.17 Å². The summed E-state index contributed by atoms with van der Waals surface area (Å²) in [5.74, 6) is 0. The second-order valence-corrected chi connectivity index (χ2v) is 3.37. The van der Waals surface area contributed by atoms with Crippen molar-refractivity contribution in [2.24, 2.45) is 5.16 Å². The topological polar surface area (TPSA) is 32.6 Å². The molecular formula is C8H4Cl2F3NO. The van der Waals surface area contributed by atoms with Crippen molar-refractivity contribution >= 4 is 28.4 Å². The van der Waals surface area contributed by atoms with Crippen LogP contribution in [0.2, 0.25) is 5.02 Å².